The highest BCUT2D eigenvalue weighted by molar-refractivity contribution is 5.92. The lowest BCUT2D eigenvalue weighted by molar-refractivity contribution is 0.0980. The molecule has 28 heteroatoms. The van der Waals surface area contributed by atoms with Crippen LogP contribution in [0.25, 0.3) is 77.0 Å². The number of unbranched alkanes of at least 4 members (excludes halogenated alkanes) is 6. The smallest absolute Gasteiger partial charge is 0.154 e. The lowest BCUT2D eigenvalue weighted by Gasteiger charge is -2.14. The fraction of sp³-hybridized carbons (Fsp3) is 0.411. The van der Waals surface area contributed by atoms with E-state index in [0.717, 1.165) is 298 Å². The fourth-order valence-corrected chi connectivity index (χ4v) is 16.6. The Morgan fingerprint density at radius 2 is 0.778 bits per heavy atom. The van der Waals surface area contributed by atoms with Crippen molar-refractivity contribution in [2.75, 3.05) is 77.8 Å². The summed E-state index contributed by atoms with van der Waals surface area (Å²) in [5.41, 5.74) is 19.9. The van der Waals surface area contributed by atoms with Gasteiger partial charge < -0.3 is 64.0 Å². The Labute approximate surface area is 795 Å². The van der Waals surface area contributed by atoms with E-state index in [2.05, 4.69) is 325 Å². The van der Waals surface area contributed by atoms with Crippen LogP contribution in [0, 0.1) is 48.5 Å². The molecule has 0 radical (unpaired) electrons. The van der Waals surface area contributed by atoms with Gasteiger partial charge in [0.15, 0.2) is 34.9 Å². The highest BCUT2D eigenvalue weighted by Crippen LogP contribution is 2.32. The van der Waals surface area contributed by atoms with Crippen LogP contribution >= 0.6 is 0 Å². The van der Waals surface area contributed by atoms with Crippen LogP contribution in [-0.2, 0) is 50.4 Å². The van der Waals surface area contributed by atoms with Crippen molar-refractivity contribution in [3.63, 3.8) is 0 Å². The molecule has 0 bridgehead atoms. The van der Waals surface area contributed by atoms with Gasteiger partial charge in [-0.1, -0.05) is 152 Å². The predicted octanol–water partition coefficient (Wildman–Crippen LogP) is 22.9. The highest BCUT2D eigenvalue weighted by atomic mass is 16.5. The topological polar surface area (TPSA) is 304 Å². The predicted molar refractivity (Wildman–Crippen MR) is 555 cm³/mol. The molecule has 18 rings (SSSR count). The summed E-state index contributed by atoms with van der Waals surface area (Å²) in [6.07, 6.45) is 41.4. The molecule has 1 atom stereocenters. The van der Waals surface area contributed by atoms with Gasteiger partial charge in [0, 0.05) is 171 Å². The first kappa shape index (κ1) is 98.9. The quantitative estimate of drug-likeness (QED) is 0.0156. The summed E-state index contributed by atoms with van der Waals surface area (Å²) in [4.78, 5) is 67.9. The number of pyridine rings is 3. The first-order valence-electron chi connectivity index (χ1n) is 48.7. The maximum absolute atomic E-state index is 5.76. The Bertz CT molecular complexity index is 6460. The summed E-state index contributed by atoms with van der Waals surface area (Å²) in [5, 5.41) is 23.3. The van der Waals surface area contributed by atoms with E-state index < -0.39 is 0 Å². The number of aryl methyl sites for hydroxylation is 9. The van der Waals surface area contributed by atoms with Crippen molar-refractivity contribution in [3.05, 3.63) is 258 Å². The van der Waals surface area contributed by atoms with Crippen LogP contribution in [0.15, 0.2) is 195 Å². The molecule has 6 N–H and O–H groups in total. The van der Waals surface area contributed by atoms with Crippen molar-refractivity contribution in [3.8, 4) is 0 Å². The van der Waals surface area contributed by atoms with E-state index in [1.54, 1.807) is 6.20 Å². The van der Waals surface area contributed by atoms with Crippen molar-refractivity contribution < 1.29 is 4.74 Å². The fourth-order valence-electron chi connectivity index (χ4n) is 16.6. The van der Waals surface area contributed by atoms with E-state index in [4.69, 9.17) is 4.74 Å². The third-order valence-electron chi connectivity index (χ3n) is 23.4. The molecule has 1 aliphatic heterocycles. The average Bonchev–Trinajstić information content (AvgIpc) is 1.64. The van der Waals surface area contributed by atoms with E-state index in [9.17, 15) is 0 Å². The van der Waals surface area contributed by atoms with E-state index in [1.165, 1.54) is 64.3 Å². The minimum Gasteiger partial charge on any atom is -0.376 e. The lowest BCUT2D eigenvalue weighted by atomic mass is 10.1. The number of nitrogens with one attached hydrogen (secondary N) is 6. The van der Waals surface area contributed by atoms with Crippen LogP contribution in [0.2, 0.25) is 0 Å². The minimum atomic E-state index is 0.324. The molecule has 0 spiro atoms. The molecule has 17 aromatic rings. The van der Waals surface area contributed by atoms with Gasteiger partial charge in [-0.3, -0.25) is 15.0 Å². The molecule has 16 heterocycles. The number of ether oxygens (including phenoxy) is 1. The number of nitrogens with zero attached hydrogens (tertiary/aromatic N) is 21. The van der Waals surface area contributed by atoms with Gasteiger partial charge >= 0.3 is 0 Å². The van der Waals surface area contributed by atoms with E-state index >= 15 is 0 Å². The van der Waals surface area contributed by atoms with Crippen molar-refractivity contribution in [1.82, 2.24) is 102 Å². The molecular weight excluding hydrogens is 1680 g/mol. The molecule has 1 unspecified atom stereocenters. The molecule has 0 aliphatic carbocycles. The molecule has 2 aromatic carbocycles. The number of rotatable bonds is 37. The number of aromatic nitrogens is 21. The van der Waals surface area contributed by atoms with Gasteiger partial charge in [0.1, 0.15) is 68.0 Å². The van der Waals surface area contributed by atoms with Gasteiger partial charge in [-0.15, -0.1) is 0 Å². The van der Waals surface area contributed by atoms with Gasteiger partial charge in [-0.2, -0.15) is 0 Å². The molecule has 28 nitrogen and oxygen atoms in total. The molecule has 15 aromatic heterocycles. The maximum Gasteiger partial charge on any atom is 0.154 e. The highest BCUT2D eigenvalue weighted by Gasteiger charge is 2.22. The summed E-state index contributed by atoms with van der Waals surface area (Å²) in [5.74, 6) is 10.5. The van der Waals surface area contributed by atoms with Crippen molar-refractivity contribution in [2.45, 2.75) is 246 Å². The van der Waals surface area contributed by atoms with Crippen LogP contribution in [0.3, 0.4) is 0 Å². The van der Waals surface area contributed by atoms with Crippen molar-refractivity contribution in [1.29, 1.82) is 0 Å². The first-order chi connectivity index (χ1) is 65.9. The third kappa shape index (κ3) is 27.6. The van der Waals surface area contributed by atoms with Gasteiger partial charge in [0.05, 0.1) is 39.2 Å². The molecular formula is C107H139N27O. The summed E-state index contributed by atoms with van der Waals surface area (Å²) in [6, 6.07) is 39.4. The standard InChI is InChI=1S/C22H25N5.C19H24N4.2C17H21N5.C16H24N4O.C16H24N4/c1-3-4-12-24-22-21-20(25-16(2)26-22)11-15-27(21)14-10-19-18-8-6-5-7-17(18)9-13-23-19;1-4-5-11-20-19-18-17(21-15(3)22-19)14(2)12-23(18)13-16-9-7-6-8-10-16;1-3-4-8-19-17-16-15(20-13(2)21-17)7-11-22(16)12-14-5-9-18-10-6-14;1-3-4-9-19-17-16-15(20-13(2)21-17)7-10-22(16)12-14-6-5-8-18-11-14;1-3-4-8-17-16-15-14(18-12(2)19-16)7-9-20(15)11-13-6-5-10-21-13;1-5-6-9-17-16-15-14(18-13(4)19-16)8-11-20(15)10-7-12(2)3/h5-9,11,13,15H,3-4,10,12,14H2,1-2H3,(H,24,25,26);6-10,12H,4-5,11,13H2,1-3H3,(H,20,21,22);5-7,9-11H,3-4,8,12H2,1-2H3,(H,19,20,21);5-8,10-11H,3-4,9,12H2,1-2H3,(H,19,20,21);7,9,13H,3-6,8,10-11H2,1-2H3,(H,17,18,19);7-8,11H,5-6,9-10H2,1-4H3,(H,17,18,19). The lowest BCUT2D eigenvalue weighted by Crippen LogP contribution is -2.15. The summed E-state index contributed by atoms with van der Waals surface area (Å²) in [7, 11) is 0. The Morgan fingerprint density at radius 1 is 0.378 bits per heavy atom. The van der Waals surface area contributed by atoms with Gasteiger partial charge in [-0.25, -0.2) is 59.8 Å². The molecule has 0 saturated carbocycles. The van der Waals surface area contributed by atoms with Crippen molar-refractivity contribution in [2.24, 2.45) is 0 Å². The number of allylic oxidation sites excluding steroid dienone is 2. The molecule has 708 valence electrons. The Kier molecular flexibility index (Phi) is 37.0. The second kappa shape index (κ2) is 50.5. The number of hydrogen-bond acceptors (Lipinski definition) is 22. The SMILES string of the molecule is CCCCNc1nc(C)nc2c(C)cn(Cc3ccccc3)c12.CCCCNc1nc(C)nc2ccn(CC3CCCO3)c12.CCCCNc1nc(C)nc2ccn(CC=C(C)C)c12.CCCCNc1nc(C)nc2ccn(CCc3nccc4ccccc34)c12.CCCCNc1nc(C)nc2ccn(Cc3cccnc3)c12.CCCCNc1nc(C)nc2ccn(Cc3ccncc3)c12. The van der Waals surface area contributed by atoms with E-state index in [1.807, 2.05) is 96.7 Å². The molecule has 1 saturated heterocycles. The van der Waals surface area contributed by atoms with Crippen molar-refractivity contribution >= 4 is 112 Å². The zero-order valence-electron chi connectivity index (χ0n) is 82.1. The minimum absolute atomic E-state index is 0.324. The van der Waals surface area contributed by atoms with Crippen LogP contribution in [-0.4, -0.2) is 154 Å². The summed E-state index contributed by atoms with van der Waals surface area (Å²) >= 11 is 0. The largest absolute Gasteiger partial charge is 0.376 e. The number of fused-ring (bicyclic) bond motifs is 7. The van der Waals surface area contributed by atoms with Crippen LogP contribution < -0.4 is 31.9 Å². The zero-order valence-corrected chi connectivity index (χ0v) is 82.1. The monoisotopic (exact) mass is 1820 g/mol. The zero-order chi connectivity index (χ0) is 94.8. The number of hydrogen-bond donors (Lipinski definition) is 6. The molecule has 1 aliphatic rings. The Morgan fingerprint density at radius 3 is 1.24 bits per heavy atom. The van der Waals surface area contributed by atoms with E-state index in [0.29, 0.717) is 6.10 Å². The Balaban J connectivity index is 0.000000138. The number of anilines is 6. The van der Waals surface area contributed by atoms with Gasteiger partial charge in [0.2, 0.25) is 0 Å². The number of benzene rings is 2. The third-order valence-corrected chi connectivity index (χ3v) is 23.4. The van der Waals surface area contributed by atoms with Crippen LogP contribution in [0.1, 0.15) is 208 Å². The van der Waals surface area contributed by atoms with E-state index in [-0.39, 0.29) is 0 Å². The first-order valence-corrected chi connectivity index (χ1v) is 48.7. The average molecular weight is 1820 g/mol. The second-order valence-electron chi connectivity index (χ2n) is 34.9. The molecule has 135 heavy (non-hydrogen) atoms. The van der Waals surface area contributed by atoms with Gasteiger partial charge in [-0.05, 0) is 196 Å². The van der Waals surface area contributed by atoms with Gasteiger partial charge in [0.25, 0.3) is 0 Å². The second-order valence-corrected chi connectivity index (χ2v) is 34.9. The molecule has 1 fully saturated rings. The Hall–Kier alpha value is -13.6. The van der Waals surface area contributed by atoms with Crippen LogP contribution in [0.4, 0.5) is 34.9 Å². The molecule has 0 amide bonds. The normalized spacial score (nSPS) is 12.2. The maximum atomic E-state index is 5.76. The summed E-state index contributed by atoms with van der Waals surface area (Å²) in [6.45, 7) is 42.7. The summed E-state index contributed by atoms with van der Waals surface area (Å²) < 4.78 is 19.1. The van der Waals surface area contributed by atoms with Crippen LogP contribution in [0.5, 0.6) is 0 Å².